The highest BCUT2D eigenvalue weighted by Gasteiger charge is 2.53. The number of carbonyl (C=O) groups is 2. The molecule has 1 saturated heterocycles. The van der Waals surface area contributed by atoms with E-state index in [1.54, 1.807) is 0 Å². The molecular formula is C15H29NO6Si. The Hall–Kier alpha value is -0.963. The SMILES string of the molecule is COC(=O)C[C@]1(C)C[C@@H](C(=O)OC)ON1O[Si](C)(C)C(C)(C)C. The summed E-state index contributed by atoms with van der Waals surface area (Å²) in [5.74, 6) is -0.868. The lowest BCUT2D eigenvalue weighted by molar-refractivity contribution is -0.345. The van der Waals surface area contributed by atoms with Gasteiger partial charge in [0.2, 0.25) is 8.32 Å². The summed E-state index contributed by atoms with van der Waals surface area (Å²) in [5.41, 5.74) is -0.790. The third-order valence-electron chi connectivity index (χ3n) is 4.62. The average Bonchev–Trinajstić information content (AvgIpc) is 2.73. The molecule has 0 amide bonds. The van der Waals surface area contributed by atoms with E-state index in [-0.39, 0.29) is 17.4 Å². The summed E-state index contributed by atoms with van der Waals surface area (Å²) in [6, 6.07) is 0. The predicted molar refractivity (Wildman–Crippen MR) is 86.7 cm³/mol. The van der Waals surface area contributed by atoms with Crippen molar-refractivity contribution in [1.29, 1.82) is 0 Å². The van der Waals surface area contributed by atoms with Gasteiger partial charge in [-0.3, -0.25) is 9.63 Å². The molecule has 0 aliphatic carbocycles. The minimum absolute atomic E-state index is 0.0497. The summed E-state index contributed by atoms with van der Waals surface area (Å²) < 4.78 is 15.7. The zero-order chi connectivity index (χ0) is 18.1. The van der Waals surface area contributed by atoms with E-state index in [0.717, 1.165) is 0 Å². The van der Waals surface area contributed by atoms with Crippen LogP contribution in [0.25, 0.3) is 0 Å². The first-order chi connectivity index (χ1) is 10.4. The molecule has 1 heterocycles. The van der Waals surface area contributed by atoms with Crippen molar-refractivity contribution < 1.29 is 28.4 Å². The molecule has 0 saturated carbocycles. The van der Waals surface area contributed by atoms with Crippen molar-refractivity contribution in [3.8, 4) is 0 Å². The highest BCUT2D eigenvalue weighted by molar-refractivity contribution is 6.74. The number of ether oxygens (including phenoxy) is 2. The van der Waals surface area contributed by atoms with Crippen LogP contribution in [0.3, 0.4) is 0 Å². The number of rotatable bonds is 5. The second kappa shape index (κ2) is 6.88. The molecule has 1 rings (SSSR count). The maximum atomic E-state index is 11.8. The molecule has 23 heavy (non-hydrogen) atoms. The summed E-state index contributed by atoms with van der Waals surface area (Å²) in [5, 5.41) is 1.29. The van der Waals surface area contributed by atoms with E-state index in [0.29, 0.717) is 6.42 Å². The Balaban J connectivity index is 3.03. The Morgan fingerprint density at radius 1 is 1.26 bits per heavy atom. The Kier molecular flexibility index (Phi) is 6.01. The molecule has 0 radical (unpaired) electrons. The minimum atomic E-state index is -2.20. The Bertz CT molecular complexity index is 461. The number of esters is 2. The predicted octanol–water partition coefficient (Wildman–Crippen LogP) is 2.42. The van der Waals surface area contributed by atoms with Crippen molar-refractivity contribution in [3.05, 3.63) is 0 Å². The molecule has 1 fully saturated rings. The lowest BCUT2D eigenvalue weighted by atomic mass is 9.92. The first kappa shape index (κ1) is 20.1. The quantitative estimate of drug-likeness (QED) is 0.558. The van der Waals surface area contributed by atoms with Crippen molar-refractivity contribution in [1.82, 2.24) is 5.23 Å². The van der Waals surface area contributed by atoms with Crippen LogP contribution >= 0.6 is 0 Å². The van der Waals surface area contributed by atoms with Gasteiger partial charge in [0.1, 0.15) is 0 Å². The lowest BCUT2D eigenvalue weighted by Crippen LogP contribution is -2.52. The van der Waals surface area contributed by atoms with E-state index in [9.17, 15) is 9.59 Å². The molecule has 2 atom stereocenters. The van der Waals surface area contributed by atoms with Crippen LogP contribution in [0, 0.1) is 0 Å². The summed E-state index contributed by atoms with van der Waals surface area (Å²) in [6.45, 7) is 12.3. The number of hydrogen-bond acceptors (Lipinski definition) is 7. The second-order valence-electron chi connectivity index (χ2n) is 7.68. The van der Waals surface area contributed by atoms with Crippen molar-refractivity contribution >= 4 is 20.3 Å². The van der Waals surface area contributed by atoms with Crippen LogP contribution in [0.5, 0.6) is 0 Å². The molecule has 134 valence electrons. The molecule has 0 spiro atoms. The topological polar surface area (TPSA) is 74.3 Å². The normalized spacial score (nSPS) is 26.2. The van der Waals surface area contributed by atoms with E-state index in [1.807, 2.05) is 6.92 Å². The molecule has 1 aliphatic heterocycles. The monoisotopic (exact) mass is 347 g/mol. The zero-order valence-electron chi connectivity index (χ0n) is 15.4. The molecule has 0 aromatic carbocycles. The van der Waals surface area contributed by atoms with E-state index in [2.05, 4.69) is 33.9 Å². The Labute approximate surface area is 139 Å². The van der Waals surface area contributed by atoms with Gasteiger partial charge >= 0.3 is 11.9 Å². The van der Waals surface area contributed by atoms with Crippen LogP contribution in [-0.2, 0) is 28.4 Å². The van der Waals surface area contributed by atoms with E-state index in [1.165, 1.54) is 19.4 Å². The van der Waals surface area contributed by atoms with Crippen LogP contribution in [0.2, 0.25) is 18.1 Å². The first-order valence-electron chi connectivity index (χ1n) is 7.67. The number of hydrogen-bond donors (Lipinski definition) is 0. The van der Waals surface area contributed by atoms with E-state index < -0.39 is 25.9 Å². The molecule has 0 bridgehead atoms. The molecule has 0 aromatic rings. The van der Waals surface area contributed by atoms with Gasteiger partial charge in [0.15, 0.2) is 6.10 Å². The maximum absolute atomic E-state index is 11.8. The smallest absolute Gasteiger partial charge is 0.337 e. The first-order valence-corrected chi connectivity index (χ1v) is 10.6. The van der Waals surface area contributed by atoms with Gasteiger partial charge in [-0.15, -0.1) is 0 Å². The standard InChI is InChI=1S/C15H29NO6Si/c1-14(2,3)23(7,8)22-16-15(4,10-12(17)19-5)9-11(21-16)13(18)20-6/h11H,9-10H2,1-8H3/t11-,15-/m0/s1. The molecule has 0 unspecified atom stereocenters. The number of methoxy groups -OCH3 is 2. The fourth-order valence-corrected chi connectivity index (χ4v) is 2.96. The van der Waals surface area contributed by atoms with Gasteiger partial charge in [-0.1, -0.05) is 26.0 Å². The Morgan fingerprint density at radius 3 is 2.26 bits per heavy atom. The average molecular weight is 347 g/mol. The van der Waals surface area contributed by atoms with Gasteiger partial charge in [-0.2, -0.15) is 0 Å². The van der Waals surface area contributed by atoms with Gasteiger partial charge in [-0.25, -0.2) is 4.79 Å². The van der Waals surface area contributed by atoms with Crippen LogP contribution in [0.15, 0.2) is 0 Å². The lowest BCUT2D eigenvalue weighted by Gasteiger charge is -2.41. The van der Waals surface area contributed by atoms with Gasteiger partial charge in [0.05, 0.1) is 26.2 Å². The van der Waals surface area contributed by atoms with Gasteiger partial charge in [0, 0.05) is 6.42 Å². The third-order valence-corrected chi connectivity index (χ3v) is 8.86. The van der Waals surface area contributed by atoms with Crippen LogP contribution in [0.1, 0.15) is 40.5 Å². The van der Waals surface area contributed by atoms with Crippen LogP contribution in [0.4, 0.5) is 0 Å². The summed E-state index contributed by atoms with van der Waals surface area (Å²) >= 11 is 0. The van der Waals surface area contributed by atoms with Crippen LogP contribution in [-0.4, -0.2) is 51.3 Å². The molecule has 1 aliphatic rings. The summed E-state index contributed by atoms with van der Waals surface area (Å²) in [7, 11) is 0.440. The van der Waals surface area contributed by atoms with Crippen molar-refractivity contribution in [3.63, 3.8) is 0 Å². The van der Waals surface area contributed by atoms with Gasteiger partial charge < -0.3 is 14.0 Å². The highest BCUT2D eigenvalue weighted by Crippen LogP contribution is 2.42. The van der Waals surface area contributed by atoms with E-state index in [4.69, 9.17) is 18.8 Å². The fourth-order valence-electron chi connectivity index (χ4n) is 2.01. The molecular weight excluding hydrogens is 318 g/mol. The molecule has 0 N–H and O–H groups in total. The van der Waals surface area contributed by atoms with Gasteiger partial charge in [0.25, 0.3) is 0 Å². The molecule has 8 heteroatoms. The number of nitrogens with zero attached hydrogens (tertiary/aromatic N) is 1. The highest BCUT2D eigenvalue weighted by atomic mass is 28.4. The van der Waals surface area contributed by atoms with Crippen molar-refractivity contribution in [2.75, 3.05) is 14.2 Å². The fraction of sp³-hybridized carbons (Fsp3) is 0.867. The number of carbonyl (C=O) groups excluding carboxylic acids is 2. The summed E-state index contributed by atoms with van der Waals surface area (Å²) in [4.78, 5) is 29.3. The summed E-state index contributed by atoms with van der Waals surface area (Å²) in [6.07, 6.45) is -0.436. The van der Waals surface area contributed by atoms with E-state index >= 15 is 0 Å². The molecule has 7 nitrogen and oxygen atoms in total. The van der Waals surface area contributed by atoms with Crippen molar-refractivity contribution in [2.45, 2.75) is 70.3 Å². The number of hydroxylamine groups is 2. The Morgan fingerprint density at radius 2 is 1.83 bits per heavy atom. The minimum Gasteiger partial charge on any atom is -0.469 e. The van der Waals surface area contributed by atoms with Crippen LogP contribution < -0.4 is 0 Å². The third kappa shape index (κ3) is 4.53. The maximum Gasteiger partial charge on any atom is 0.337 e. The molecule has 0 aromatic heterocycles. The van der Waals surface area contributed by atoms with Crippen molar-refractivity contribution in [2.24, 2.45) is 0 Å². The zero-order valence-corrected chi connectivity index (χ0v) is 16.4. The largest absolute Gasteiger partial charge is 0.469 e. The second-order valence-corrected chi connectivity index (χ2v) is 12.4. The van der Waals surface area contributed by atoms with Gasteiger partial charge in [-0.05, 0) is 25.1 Å².